The quantitative estimate of drug-likeness (QED) is 0.903. The molecule has 0 aromatic heterocycles. The Morgan fingerprint density at radius 1 is 1.14 bits per heavy atom. The summed E-state index contributed by atoms with van der Waals surface area (Å²) in [5.41, 5.74) is 2.11. The molecule has 2 aromatic carbocycles. The van der Waals surface area contributed by atoms with E-state index in [1.807, 2.05) is 30.3 Å². The van der Waals surface area contributed by atoms with Gasteiger partial charge in [-0.3, -0.25) is 4.79 Å². The van der Waals surface area contributed by atoms with E-state index < -0.39 is 0 Å². The number of nitrogens with one attached hydrogen (secondary N) is 1. The highest BCUT2D eigenvalue weighted by atomic mass is 16.1. The van der Waals surface area contributed by atoms with Crippen LogP contribution in [0.2, 0.25) is 0 Å². The molecule has 3 heteroatoms. The molecule has 0 unspecified atom stereocenters. The molecule has 0 saturated carbocycles. The van der Waals surface area contributed by atoms with Gasteiger partial charge in [-0.25, -0.2) is 0 Å². The van der Waals surface area contributed by atoms with E-state index in [-0.39, 0.29) is 11.9 Å². The maximum Gasteiger partial charge on any atom is 0.251 e. The summed E-state index contributed by atoms with van der Waals surface area (Å²) >= 11 is 0. The lowest BCUT2D eigenvalue weighted by Gasteiger charge is -2.21. The molecule has 0 aliphatic carbocycles. The summed E-state index contributed by atoms with van der Waals surface area (Å²) in [6, 6.07) is 18.8. The molecule has 0 fully saturated rings. The molecule has 0 spiro atoms. The molecule has 0 radical (unpaired) electrons. The van der Waals surface area contributed by atoms with Crippen LogP contribution in [0.1, 0.15) is 47.8 Å². The Morgan fingerprint density at radius 2 is 1.86 bits per heavy atom. The van der Waals surface area contributed by atoms with E-state index >= 15 is 0 Å². The summed E-state index contributed by atoms with van der Waals surface area (Å²) in [7, 11) is 0. The Labute approximate surface area is 131 Å². The van der Waals surface area contributed by atoms with Gasteiger partial charge in [-0.1, -0.05) is 50.2 Å². The summed E-state index contributed by atoms with van der Waals surface area (Å²) in [5.74, 6) is 0.322. The van der Waals surface area contributed by atoms with E-state index in [1.165, 1.54) is 0 Å². The van der Waals surface area contributed by atoms with Gasteiger partial charge in [0.25, 0.3) is 5.91 Å². The van der Waals surface area contributed by atoms with Crippen LogP contribution in [0.3, 0.4) is 0 Å². The van der Waals surface area contributed by atoms with Crippen molar-refractivity contribution in [3.8, 4) is 6.07 Å². The minimum Gasteiger partial charge on any atom is -0.345 e. The molecule has 1 N–H and O–H groups in total. The van der Waals surface area contributed by atoms with Crippen molar-refractivity contribution in [3.63, 3.8) is 0 Å². The second-order valence-corrected chi connectivity index (χ2v) is 5.76. The van der Waals surface area contributed by atoms with E-state index in [2.05, 4.69) is 25.2 Å². The van der Waals surface area contributed by atoms with Gasteiger partial charge in [0, 0.05) is 5.56 Å². The van der Waals surface area contributed by atoms with Crippen LogP contribution in [0.4, 0.5) is 0 Å². The third kappa shape index (κ3) is 4.20. The van der Waals surface area contributed by atoms with Crippen molar-refractivity contribution in [3.05, 3.63) is 71.3 Å². The van der Waals surface area contributed by atoms with E-state index in [0.717, 1.165) is 12.0 Å². The SMILES string of the molecule is CC(C)C[C@H](NC(=O)c1cccc(C#N)c1)c1ccccc1. The number of amides is 1. The summed E-state index contributed by atoms with van der Waals surface area (Å²) in [4.78, 5) is 12.5. The van der Waals surface area contributed by atoms with Crippen LogP contribution >= 0.6 is 0 Å². The van der Waals surface area contributed by atoms with E-state index in [9.17, 15) is 4.79 Å². The van der Waals surface area contributed by atoms with E-state index in [4.69, 9.17) is 5.26 Å². The second kappa shape index (κ2) is 7.42. The zero-order valence-electron chi connectivity index (χ0n) is 12.9. The smallest absolute Gasteiger partial charge is 0.251 e. The van der Waals surface area contributed by atoms with Crippen molar-refractivity contribution < 1.29 is 4.79 Å². The molecule has 0 aliphatic heterocycles. The summed E-state index contributed by atoms with van der Waals surface area (Å²) < 4.78 is 0. The molecular weight excluding hydrogens is 272 g/mol. The molecule has 3 nitrogen and oxygen atoms in total. The Hall–Kier alpha value is -2.60. The zero-order valence-corrected chi connectivity index (χ0v) is 12.9. The average molecular weight is 292 g/mol. The summed E-state index contributed by atoms with van der Waals surface area (Å²) in [6.45, 7) is 4.27. The van der Waals surface area contributed by atoms with Gasteiger partial charge in [-0.05, 0) is 36.1 Å². The fourth-order valence-corrected chi connectivity index (χ4v) is 2.41. The first kappa shape index (κ1) is 15.8. The van der Waals surface area contributed by atoms with Crippen LogP contribution < -0.4 is 5.32 Å². The molecule has 0 bridgehead atoms. The third-order valence-electron chi connectivity index (χ3n) is 3.47. The van der Waals surface area contributed by atoms with Crippen molar-refractivity contribution in [1.82, 2.24) is 5.32 Å². The van der Waals surface area contributed by atoms with Crippen molar-refractivity contribution in [1.29, 1.82) is 5.26 Å². The summed E-state index contributed by atoms with van der Waals surface area (Å²) in [5, 5.41) is 12.0. The molecule has 1 atom stereocenters. The number of carbonyl (C=O) groups is 1. The number of hydrogen-bond donors (Lipinski definition) is 1. The lowest BCUT2D eigenvalue weighted by molar-refractivity contribution is 0.0932. The van der Waals surface area contributed by atoms with Gasteiger partial charge in [0.1, 0.15) is 0 Å². The van der Waals surface area contributed by atoms with Crippen molar-refractivity contribution in [2.24, 2.45) is 5.92 Å². The molecule has 112 valence electrons. The Kier molecular flexibility index (Phi) is 5.32. The van der Waals surface area contributed by atoms with Crippen LogP contribution in [-0.2, 0) is 0 Å². The maximum atomic E-state index is 12.5. The second-order valence-electron chi connectivity index (χ2n) is 5.76. The lowest BCUT2D eigenvalue weighted by atomic mass is 9.96. The molecular formula is C19H20N2O. The number of nitrogens with zero attached hydrogens (tertiary/aromatic N) is 1. The van der Waals surface area contributed by atoms with Gasteiger partial charge in [-0.15, -0.1) is 0 Å². The maximum absolute atomic E-state index is 12.5. The highest BCUT2D eigenvalue weighted by Gasteiger charge is 2.17. The first-order valence-electron chi connectivity index (χ1n) is 7.46. The number of hydrogen-bond acceptors (Lipinski definition) is 2. The van der Waals surface area contributed by atoms with Crippen LogP contribution in [-0.4, -0.2) is 5.91 Å². The standard InChI is InChI=1S/C19H20N2O/c1-14(2)11-18(16-8-4-3-5-9-16)21-19(22)17-10-6-7-15(12-17)13-20/h3-10,12,14,18H,11H2,1-2H3,(H,21,22)/t18-/m0/s1. The number of rotatable bonds is 5. The molecule has 2 rings (SSSR count). The predicted molar refractivity (Wildman–Crippen MR) is 87.3 cm³/mol. The molecule has 22 heavy (non-hydrogen) atoms. The topological polar surface area (TPSA) is 52.9 Å². The molecule has 0 saturated heterocycles. The van der Waals surface area contributed by atoms with Gasteiger partial charge in [0.15, 0.2) is 0 Å². The third-order valence-corrected chi connectivity index (χ3v) is 3.47. The molecule has 2 aromatic rings. The number of carbonyl (C=O) groups excluding carboxylic acids is 1. The normalized spacial score (nSPS) is 11.7. The van der Waals surface area contributed by atoms with Crippen molar-refractivity contribution in [2.45, 2.75) is 26.3 Å². The summed E-state index contributed by atoms with van der Waals surface area (Å²) in [6.07, 6.45) is 0.869. The highest BCUT2D eigenvalue weighted by molar-refractivity contribution is 5.94. The first-order valence-corrected chi connectivity index (χ1v) is 7.46. The molecule has 1 amide bonds. The highest BCUT2D eigenvalue weighted by Crippen LogP contribution is 2.21. The Bertz CT molecular complexity index is 671. The van der Waals surface area contributed by atoms with Gasteiger partial charge < -0.3 is 5.32 Å². The van der Waals surface area contributed by atoms with Crippen LogP contribution in [0.5, 0.6) is 0 Å². The van der Waals surface area contributed by atoms with Gasteiger partial charge in [0.2, 0.25) is 0 Å². The van der Waals surface area contributed by atoms with Crippen LogP contribution in [0, 0.1) is 17.2 Å². The minimum absolute atomic E-state index is 0.0283. The Balaban J connectivity index is 2.19. The monoisotopic (exact) mass is 292 g/mol. The first-order chi connectivity index (χ1) is 10.6. The Morgan fingerprint density at radius 3 is 2.50 bits per heavy atom. The fraction of sp³-hybridized carbons (Fsp3) is 0.263. The lowest BCUT2D eigenvalue weighted by Crippen LogP contribution is -2.29. The zero-order chi connectivity index (χ0) is 15.9. The minimum atomic E-state index is -0.147. The average Bonchev–Trinajstić information content (AvgIpc) is 2.54. The van der Waals surface area contributed by atoms with Crippen molar-refractivity contribution in [2.75, 3.05) is 0 Å². The van der Waals surface area contributed by atoms with Gasteiger partial charge in [-0.2, -0.15) is 5.26 Å². The molecule has 0 heterocycles. The van der Waals surface area contributed by atoms with Crippen molar-refractivity contribution >= 4 is 5.91 Å². The largest absolute Gasteiger partial charge is 0.345 e. The predicted octanol–water partition coefficient (Wildman–Crippen LogP) is 4.08. The molecule has 0 aliphatic rings. The number of benzene rings is 2. The van der Waals surface area contributed by atoms with Gasteiger partial charge in [0.05, 0.1) is 17.7 Å². The van der Waals surface area contributed by atoms with Gasteiger partial charge >= 0.3 is 0 Å². The van der Waals surface area contributed by atoms with Crippen LogP contribution in [0.15, 0.2) is 54.6 Å². The number of nitriles is 1. The fourth-order valence-electron chi connectivity index (χ4n) is 2.41. The van der Waals surface area contributed by atoms with Crippen LogP contribution in [0.25, 0.3) is 0 Å². The van der Waals surface area contributed by atoms with E-state index in [0.29, 0.717) is 17.0 Å². The van der Waals surface area contributed by atoms with E-state index in [1.54, 1.807) is 24.3 Å².